The van der Waals surface area contributed by atoms with Crippen LogP contribution in [0.2, 0.25) is 0 Å². The molecule has 0 bridgehead atoms. The van der Waals surface area contributed by atoms with Crippen LogP contribution in [0.25, 0.3) is 0 Å². The first-order valence-electron chi connectivity index (χ1n) is 9.13. The molecule has 0 fully saturated rings. The van der Waals surface area contributed by atoms with Crippen molar-refractivity contribution in [2.24, 2.45) is 5.73 Å². The van der Waals surface area contributed by atoms with Crippen LogP contribution in [0.5, 0.6) is 11.5 Å². The van der Waals surface area contributed by atoms with Crippen molar-refractivity contribution in [3.8, 4) is 11.5 Å². The third kappa shape index (κ3) is 5.99. The Kier molecular flexibility index (Phi) is 8.30. The third-order valence-electron chi connectivity index (χ3n) is 4.25. The van der Waals surface area contributed by atoms with Gasteiger partial charge in [0, 0.05) is 32.2 Å². The summed E-state index contributed by atoms with van der Waals surface area (Å²) in [6.07, 6.45) is 0.747. The maximum atomic E-state index is 13.0. The number of carbonyl (C=O) groups is 2. The lowest BCUT2D eigenvalue weighted by atomic mass is 10.1. The lowest BCUT2D eigenvalue weighted by Gasteiger charge is -2.23. The monoisotopic (exact) mass is 385 g/mol. The van der Waals surface area contributed by atoms with Gasteiger partial charge in [-0.15, -0.1) is 0 Å². The zero-order valence-electron chi connectivity index (χ0n) is 16.3. The molecule has 0 saturated carbocycles. The van der Waals surface area contributed by atoms with Gasteiger partial charge in [-0.25, -0.2) is 0 Å². The summed E-state index contributed by atoms with van der Waals surface area (Å²) in [5, 5.41) is 2.48. The van der Waals surface area contributed by atoms with Gasteiger partial charge in [-0.3, -0.25) is 9.59 Å². The molecule has 0 saturated heterocycles. The van der Waals surface area contributed by atoms with Gasteiger partial charge >= 0.3 is 0 Å². The first-order valence-corrected chi connectivity index (χ1v) is 9.13. The van der Waals surface area contributed by atoms with Gasteiger partial charge < -0.3 is 25.4 Å². The topological polar surface area (TPSA) is 93.9 Å². The molecule has 2 aromatic rings. The number of ether oxygens (including phenoxy) is 2. The van der Waals surface area contributed by atoms with Gasteiger partial charge in [0.2, 0.25) is 0 Å². The van der Waals surface area contributed by atoms with Gasteiger partial charge in [0.1, 0.15) is 0 Å². The molecule has 3 N–H and O–H groups in total. The Morgan fingerprint density at radius 3 is 2.46 bits per heavy atom. The molecule has 7 heteroatoms. The van der Waals surface area contributed by atoms with Crippen LogP contribution in [0.15, 0.2) is 48.5 Å². The quantitative estimate of drug-likeness (QED) is 0.646. The molecule has 28 heavy (non-hydrogen) atoms. The van der Waals surface area contributed by atoms with E-state index in [-0.39, 0.29) is 18.4 Å². The minimum absolute atomic E-state index is 0.127. The zero-order valence-corrected chi connectivity index (χ0v) is 16.3. The standard InChI is InChI=1S/C21H27N3O4/c1-23-20(25)15-28-18-9-8-17(14-19(18)27-2)21(26)24(13-11-22)12-10-16-6-4-3-5-7-16/h3-9,14H,10-13,15,22H2,1-2H3,(H,23,25). The maximum absolute atomic E-state index is 13.0. The van der Waals surface area contributed by atoms with Crippen LogP contribution >= 0.6 is 0 Å². The highest BCUT2D eigenvalue weighted by Gasteiger charge is 2.18. The molecule has 0 aliphatic heterocycles. The normalized spacial score (nSPS) is 10.2. The fourth-order valence-electron chi connectivity index (χ4n) is 2.70. The number of hydrogen-bond donors (Lipinski definition) is 2. The van der Waals surface area contributed by atoms with Crippen molar-refractivity contribution in [3.63, 3.8) is 0 Å². The number of hydrogen-bond acceptors (Lipinski definition) is 5. The molecule has 0 heterocycles. The molecule has 0 aliphatic carbocycles. The van der Waals surface area contributed by atoms with Crippen molar-refractivity contribution in [2.75, 3.05) is 40.4 Å². The molecule has 2 rings (SSSR count). The summed E-state index contributed by atoms with van der Waals surface area (Å²) >= 11 is 0. The summed E-state index contributed by atoms with van der Waals surface area (Å²) in [6, 6.07) is 14.9. The first kappa shape index (κ1) is 21.2. The number of benzene rings is 2. The van der Waals surface area contributed by atoms with E-state index in [0.29, 0.717) is 36.7 Å². The van der Waals surface area contributed by atoms with Gasteiger partial charge in [0.15, 0.2) is 18.1 Å². The fourth-order valence-corrected chi connectivity index (χ4v) is 2.70. The molecule has 7 nitrogen and oxygen atoms in total. The molecule has 0 aliphatic rings. The predicted octanol–water partition coefficient (Wildman–Crippen LogP) is 1.46. The number of nitrogens with one attached hydrogen (secondary N) is 1. The van der Waals surface area contributed by atoms with Crippen molar-refractivity contribution in [1.29, 1.82) is 0 Å². The van der Waals surface area contributed by atoms with Gasteiger partial charge in [-0.2, -0.15) is 0 Å². The molecule has 0 aromatic heterocycles. The van der Waals surface area contributed by atoms with E-state index in [4.69, 9.17) is 15.2 Å². The second kappa shape index (κ2) is 10.9. The van der Waals surface area contributed by atoms with Crippen LogP contribution in [0, 0.1) is 0 Å². The van der Waals surface area contributed by atoms with Gasteiger partial charge in [0.25, 0.3) is 11.8 Å². The summed E-state index contributed by atoms with van der Waals surface area (Å²) in [5.41, 5.74) is 7.34. The Bertz CT molecular complexity index is 780. The molecular formula is C21H27N3O4. The van der Waals surface area contributed by atoms with E-state index in [1.54, 1.807) is 23.1 Å². The van der Waals surface area contributed by atoms with Crippen molar-refractivity contribution in [2.45, 2.75) is 6.42 Å². The lowest BCUT2D eigenvalue weighted by Crippen LogP contribution is -2.37. The molecule has 2 amide bonds. The van der Waals surface area contributed by atoms with E-state index in [1.165, 1.54) is 14.2 Å². The van der Waals surface area contributed by atoms with Crippen molar-refractivity contribution in [1.82, 2.24) is 10.2 Å². The number of rotatable bonds is 10. The number of carbonyl (C=O) groups excluding carboxylic acids is 2. The first-order chi connectivity index (χ1) is 13.6. The van der Waals surface area contributed by atoms with E-state index in [2.05, 4.69) is 5.32 Å². The van der Waals surface area contributed by atoms with Crippen LogP contribution in [-0.2, 0) is 11.2 Å². The molecular weight excluding hydrogens is 358 g/mol. The average molecular weight is 385 g/mol. The Morgan fingerprint density at radius 1 is 1.07 bits per heavy atom. The van der Waals surface area contributed by atoms with Crippen LogP contribution in [-0.4, -0.2) is 57.1 Å². The molecule has 2 aromatic carbocycles. The average Bonchev–Trinajstić information content (AvgIpc) is 2.74. The van der Waals surface area contributed by atoms with Crippen LogP contribution < -0.4 is 20.5 Å². The van der Waals surface area contributed by atoms with Crippen molar-refractivity contribution < 1.29 is 19.1 Å². The van der Waals surface area contributed by atoms with E-state index in [1.807, 2.05) is 30.3 Å². The van der Waals surface area contributed by atoms with Crippen LogP contribution in [0.3, 0.4) is 0 Å². The number of nitrogens with zero attached hydrogens (tertiary/aromatic N) is 1. The summed E-state index contributed by atoms with van der Waals surface area (Å²) in [7, 11) is 3.02. The van der Waals surface area contributed by atoms with Gasteiger partial charge in [-0.05, 0) is 30.2 Å². The molecule has 150 valence electrons. The van der Waals surface area contributed by atoms with Crippen LogP contribution in [0.4, 0.5) is 0 Å². The van der Waals surface area contributed by atoms with E-state index in [9.17, 15) is 9.59 Å². The third-order valence-corrected chi connectivity index (χ3v) is 4.25. The van der Waals surface area contributed by atoms with Gasteiger partial charge in [0.05, 0.1) is 7.11 Å². The highest BCUT2D eigenvalue weighted by molar-refractivity contribution is 5.95. The Labute approximate surface area is 165 Å². The number of methoxy groups -OCH3 is 1. The highest BCUT2D eigenvalue weighted by atomic mass is 16.5. The second-order valence-corrected chi connectivity index (χ2v) is 6.14. The predicted molar refractivity (Wildman–Crippen MR) is 108 cm³/mol. The molecule has 0 unspecified atom stereocenters. The number of amides is 2. The smallest absolute Gasteiger partial charge is 0.257 e. The Morgan fingerprint density at radius 2 is 1.82 bits per heavy atom. The van der Waals surface area contributed by atoms with E-state index in [0.717, 1.165) is 12.0 Å². The lowest BCUT2D eigenvalue weighted by molar-refractivity contribution is -0.122. The van der Waals surface area contributed by atoms with Gasteiger partial charge in [-0.1, -0.05) is 30.3 Å². The van der Waals surface area contributed by atoms with E-state index < -0.39 is 0 Å². The Balaban J connectivity index is 2.11. The highest BCUT2D eigenvalue weighted by Crippen LogP contribution is 2.28. The fraction of sp³-hybridized carbons (Fsp3) is 0.333. The summed E-state index contributed by atoms with van der Waals surface area (Å²) < 4.78 is 10.8. The minimum Gasteiger partial charge on any atom is -0.493 e. The minimum atomic E-state index is -0.253. The molecule has 0 atom stereocenters. The van der Waals surface area contributed by atoms with Crippen LogP contribution in [0.1, 0.15) is 15.9 Å². The van der Waals surface area contributed by atoms with E-state index >= 15 is 0 Å². The number of nitrogens with two attached hydrogens (primary N) is 1. The molecule has 0 spiro atoms. The Hall–Kier alpha value is -3.06. The summed E-state index contributed by atoms with van der Waals surface area (Å²) in [6.45, 7) is 1.28. The second-order valence-electron chi connectivity index (χ2n) is 6.14. The zero-order chi connectivity index (χ0) is 20.4. The van der Waals surface area contributed by atoms with Crippen molar-refractivity contribution in [3.05, 3.63) is 59.7 Å². The summed E-state index contributed by atoms with van der Waals surface area (Å²) in [5.74, 6) is 0.414. The summed E-state index contributed by atoms with van der Waals surface area (Å²) in [4.78, 5) is 26.0. The van der Waals surface area contributed by atoms with Crippen molar-refractivity contribution >= 4 is 11.8 Å². The number of likely N-dealkylation sites (N-methyl/N-ethyl adjacent to an activating group) is 1. The maximum Gasteiger partial charge on any atom is 0.257 e. The largest absolute Gasteiger partial charge is 0.493 e. The molecule has 0 radical (unpaired) electrons. The SMILES string of the molecule is CNC(=O)COc1ccc(C(=O)N(CCN)CCc2ccccc2)cc1OC.